The average molecular weight is 258 g/mol. The van der Waals surface area contributed by atoms with E-state index in [9.17, 15) is 0 Å². The summed E-state index contributed by atoms with van der Waals surface area (Å²) in [4.78, 5) is 4.13. The van der Waals surface area contributed by atoms with E-state index < -0.39 is 0 Å². The van der Waals surface area contributed by atoms with Crippen LogP contribution in [0.1, 0.15) is 6.42 Å². The molecule has 2 heterocycles. The van der Waals surface area contributed by atoms with Crippen LogP contribution in [0.3, 0.4) is 0 Å². The van der Waals surface area contributed by atoms with E-state index >= 15 is 0 Å². The van der Waals surface area contributed by atoms with Crippen LogP contribution in [-0.2, 0) is 9.47 Å². The lowest BCUT2D eigenvalue weighted by atomic mass is 10.0. The molecule has 0 aromatic carbocycles. The SMILES string of the molecule is COC1(CNc2nc(Cl)ccc2N)CCOC1. The average Bonchev–Trinajstić information content (AvgIpc) is 2.80. The van der Waals surface area contributed by atoms with Crippen LogP contribution in [0.2, 0.25) is 5.15 Å². The molecular formula is C11H16ClN3O2. The van der Waals surface area contributed by atoms with Crippen LogP contribution in [0.25, 0.3) is 0 Å². The van der Waals surface area contributed by atoms with Gasteiger partial charge in [-0.2, -0.15) is 0 Å². The van der Waals surface area contributed by atoms with Crippen molar-refractivity contribution in [1.82, 2.24) is 4.98 Å². The highest BCUT2D eigenvalue weighted by Crippen LogP contribution is 2.25. The van der Waals surface area contributed by atoms with Gasteiger partial charge in [-0.05, 0) is 12.1 Å². The molecule has 0 radical (unpaired) electrons. The predicted molar refractivity (Wildman–Crippen MR) is 67.3 cm³/mol. The van der Waals surface area contributed by atoms with Gasteiger partial charge in [0.05, 0.1) is 12.3 Å². The zero-order chi connectivity index (χ0) is 12.3. The molecule has 3 N–H and O–H groups in total. The van der Waals surface area contributed by atoms with Gasteiger partial charge in [0.2, 0.25) is 0 Å². The zero-order valence-corrected chi connectivity index (χ0v) is 10.5. The number of nitrogen functional groups attached to an aromatic ring is 1. The number of rotatable bonds is 4. The van der Waals surface area contributed by atoms with Crippen LogP contribution in [0.4, 0.5) is 11.5 Å². The Balaban J connectivity index is 2.03. The van der Waals surface area contributed by atoms with Gasteiger partial charge in [0, 0.05) is 26.7 Å². The summed E-state index contributed by atoms with van der Waals surface area (Å²) in [6.07, 6.45) is 0.858. The van der Waals surface area contributed by atoms with Crippen LogP contribution in [0, 0.1) is 0 Å². The van der Waals surface area contributed by atoms with Crippen molar-refractivity contribution in [3.8, 4) is 0 Å². The smallest absolute Gasteiger partial charge is 0.151 e. The molecule has 1 aliphatic heterocycles. The highest BCUT2D eigenvalue weighted by molar-refractivity contribution is 6.29. The molecule has 94 valence electrons. The van der Waals surface area contributed by atoms with E-state index in [1.54, 1.807) is 19.2 Å². The molecule has 2 rings (SSSR count). The quantitative estimate of drug-likeness (QED) is 0.801. The van der Waals surface area contributed by atoms with Crippen LogP contribution < -0.4 is 11.1 Å². The summed E-state index contributed by atoms with van der Waals surface area (Å²) >= 11 is 5.82. The maximum Gasteiger partial charge on any atom is 0.151 e. The third-order valence-corrected chi connectivity index (χ3v) is 3.18. The Kier molecular flexibility index (Phi) is 3.71. The largest absolute Gasteiger partial charge is 0.396 e. The fourth-order valence-corrected chi connectivity index (χ4v) is 1.94. The van der Waals surface area contributed by atoms with Crippen molar-refractivity contribution in [1.29, 1.82) is 0 Å². The van der Waals surface area contributed by atoms with E-state index in [0.717, 1.165) is 6.42 Å². The van der Waals surface area contributed by atoms with Crippen molar-refractivity contribution >= 4 is 23.1 Å². The number of ether oxygens (including phenoxy) is 2. The molecular weight excluding hydrogens is 242 g/mol. The van der Waals surface area contributed by atoms with E-state index in [4.69, 9.17) is 26.8 Å². The molecule has 1 aromatic rings. The summed E-state index contributed by atoms with van der Waals surface area (Å²) in [5.74, 6) is 0.584. The van der Waals surface area contributed by atoms with Crippen molar-refractivity contribution < 1.29 is 9.47 Å². The number of nitrogens with two attached hydrogens (primary N) is 1. The summed E-state index contributed by atoms with van der Waals surface area (Å²) in [5, 5.41) is 3.57. The first kappa shape index (κ1) is 12.4. The second-order valence-electron chi connectivity index (χ2n) is 4.12. The molecule has 5 nitrogen and oxygen atoms in total. The van der Waals surface area contributed by atoms with Crippen molar-refractivity contribution in [2.24, 2.45) is 0 Å². The van der Waals surface area contributed by atoms with Gasteiger partial charge in [-0.3, -0.25) is 0 Å². The number of anilines is 2. The lowest BCUT2D eigenvalue weighted by Gasteiger charge is -2.26. The summed E-state index contributed by atoms with van der Waals surface area (Å²) in [6.45, 7) is 1.89. The normalized spacial score (nSPS) is 23.9. The number of methoxy groups -OCH3 is 1. The lowest BCUT2D eigenvalue weighted by Crippen LogP contribution is -2.39. The van der Waals surface area contributed by atoms with Crippen LogP contribution in [0.15, 0.2) is 12.1 Å². The fraction of sp³-hybridized carbons (Fsp3) is 0.545. The minimum absolute atomic E-state index is 0.295. The van der Waals surface area contributed by atoms with Gasteiger partial charge in [-0.15, -0.1) is 0 Å². The molecule has 17 heavy (non-hydrogen) atoms. The van der Waals surface area contributed by atoms with E-state index in [1.807, 2.05) is 0 Å². The monoisotopic (exact) mass is 257 g/mol. The van der Waals surface area contributed by atoms with Crippen LogP contribution >= 0.6 is 11.6 Å². The minimum Gasteiger partial charge on any atom is -0.396 e. The number of pyridine rings is 1. The highest BCUT2D eigenvalue weighted by Gasteiger charge is 2.34. The van der Waals surface area contributed by atoms with Gasteiger partial charge in [0.15, 0.2) is 5.82 Å². The second-order valence-corrected chi connectivity index (χ2v) is 4.50. The third-order valence-electron chi connectivity index (χ3n) is 2.97. The number of halogens is 1. The first-order chi connectivity index (χ1) is 8.15. The highest BCUT2D eigenvalue weighted by atomic mass is 35.5. The topological polar surface area (TPSA) is 69.4 Å². The van der Waals surface area contributed by atoms with E-state index in [0.29, 0.717) is 36.4 Å². The predicted octanol–water partition coefficient (Wildman–Crippen LogP) is 1.53. The summed E-state index contributed by atoms with van der Waals surface area (Å²) < 4.78 is 10.9. The molecule has 1 atom stereocenters. The second kappa shape index (κ2) is 5.08. The number of aromatic nitrogens is 1. The van der Waals surface area contributed by atoms with Gasteiger partial charge < -0.3 is 20.5 Å². The first-order valence-electron chi connectivity index (χ1n) is 5.44. The van der Waals surface area contributed by atoms with Gasteiger partial charge in [-0.1, -0.05) is 11.6 Å². The third kappa shape index (κ3) is 2.80. The van der Waals surface area contributed by atoms with E-state index in [1.165, 1.54) is 0 Å². The van der Waals surface area contributed by atoms with Crippen molar-refractivity contribution in [3.63, 3.8) is 0 Å². The molecule has 1 aromatic heterocycles. The lowest BCUT2D eigenvalue weighted by molar-refractivity contribution is -0.00624. The number of hydrogen-bond donors (Lipinski definition) is 2. The van der Waals surface area contributed by atoms with Crippen LogP contribution in [0.5, 0.6) is 0 Å². The molecule has 0 amide bonds. The number of nitrogens with zero attached hydrogens (tertiary/aromatic N) is 1. The molecule has 0 bridgehead atoms. The van der Waals surface area contributed by atoms with Crippen molar-refractivity contribution in [3.05, 3.63) is 17.3 Å². The van der Waals surface area contributed by atoms with E-state index in [2.05, 4.69) is 10.3 Å². The Morgan fingerprint density at radius 1 is 1.65 bits per heavy atom. The van der Waals surface area contributed by atoms with Crippen molar-refractivity contribution in [2.75, 3.05) is 37.9 Å². The standard InChI is InChI=1S/C11H16ClN3O2/c1-16-11(4-5-17-7-11)6-14-10-8(13)2-3-9(12)15-10/h2-3H,4-7,13H2,1H3,(H,14,15). The molecule has 0 saturated carbocycles. The maximum absolute atomic E-state index is 5.82. The molecule has 1 saturated heterocycles. The number of nitrogens with one attached hydrogen (secondary N) is 1. The molecule has 1 unspecified atom stereocenters. The Bertz CT molecular complexity index is 394. The minimum atomic E-state index is -0.295. The van der Waals surface area contributed by atoms with Crippen LogP contribution in [-0.4, -0.2) is 37.5 Å². The molecule has 0 aliphatic carbocycles. The first-order valence-corrected chi connectivity index (χ1v) is 5.82. The fourth-order valence-electron chi connectivity index (χ4n) is 1.79. The Labute approximate surface area is 105 Å². The van der Waals surface area contributed by atoms with Gasteiger partial charge in [-0.25, -0.2) is 4.98 Å². The molecule has 1 aliphatic rings. The Morgan fingerprint density at radius 2 is 2.47 bits per heavy atom. The van der Waals surface area contributed by atoms with E-state index in [-0.39, 0.29) is 5.60 Å². The number of hydrogen-bond acceptors (Lipinski definition) is 5. The molecule has 6 heteroatoms. The Hall–Kier alpha value is -1.04. The molecule has 0 spiro atoms. The Morgan fingerprint density at radius 3 is 3.12 bits per heavy atom. The van der Waals surface area contributed by atoms with Gasteiger partial charge >= 0.3 is 0 Å². The van der Waals surface area contributed by atoms with Gasteiger partial charge in [0.25, 0.3) is 0 Å². The summed E-state index contributed by atoms with van der Waals surface area (Å²) in [6, 6.07) is 3.38. The summed E-state index contributed by atoms with van der Waals surface area (Å²) in [5.41, 5.74) is 6.08. The van der Waals surface area contributed by atoms with Gasteiger partial charge in [0.1, 0.15) is 10.8 Å². The summed E-state index contributed by atoms with van der Waals surface area (Å²) in [7, 11) is 1.69. The maximum atomic E-state index is 5.82. The zero-order valence-electron chi connectivity index (χ0n) is 9.70. The van der Waals surface area contributed by atoms with Crippen molar-refractivity contribution in [2.45, 2.75) is 12.0 Å². The molecule has 1 fully saturated rings.